The maximum atomic E-state index is 5.57. The van der Waals surface area contributed by atoms with Gasteiger partial charge in [0.15, 0.2) is 11.5 Å². The number of benzene rings is 1. The Kier molecular flexibility index (Phi) is 2.11. The van der Waals surface area contributed by atoms with Gasteiger partial charge in [-0.3, -0.25) is 0 Å². The lowest BCUT2D eigenvalue weighted by Gasteiger charge is -2.21. The van der Waals surface area contributed by atoms with Crippen LogP contribution in [0.4, 0.5) is 0 Å². The first kappa shape index (κ1) is 9.34. The molecule has 1 heterocycles. The fourth-order valence-electron chi connectivity index (χ4n) is 1.52. The van der Waals surface area contributed by atoms with E-state index in [1.54, 1.807) is 6.92 Å². The lowest BCUT2D eigenvalue weighted by Crippen LogP contribution is -2.37. The van der Waals surface area contributed by atoms with Crippen molar-refractivity contribution in [1.82, 2.24) is 0 Å². The molecule has 0 bridgehead atoms. The molecule has 76 valence electrons. The second kappa shape index (κ2) is 3.17. The molecule has 0 aliphatic carbocycles. The van der Waals surface area contributed by atoms with Gasteiger partial charge in [-0.1, -0.05) is 6.07 Å². The quantitative estimate of drug-likeness (QED) is 0.723. The Morgan fingerprint density at radius 1 is 1.29 bits per heavy atom. The van der Waals surface area contributed by atoms with Gasteiger partial charge in [0.2, 0.25) is 0 Å². The molecule has 2 rings (SSSR count). The van der Waals surface area contributed by atoms with E-state index in [2.05, 4.69) is 0 Å². The summed E-state index contributed by atoms with van der Waals surface area (Å²) in [5, 5.41) is 0. The van der Waals surface area contributed by atoms with Crippen molar-refractivity contribution in [3.8, 4) is 11.5 Å². The van der Waals surface area contributed by atoms with Crippen molar-refractivity contribution >= 4 is 0 Å². The van der Waals surface area contributed by atoms with Gasteiger partial charge in [0.05, 0.1) is 6.61 Å². The average Bonchev–Trinajstić information content (AvgIpc) is 2.40. The van der Waals surface area contributed by atoms with Crippen LogP contribution in [0.1, 0.15) is 19.4 Å². The molecule has 1 aromatic rings. The molecule has 3 nitrogen and oxygen atoms in total. The molecule has 1 atom stereocenters. The largest absolute Gasteiger partial charge is 0.426 e. The first-order chi connectivity index (χ1) is 6.63. The summed E-state index contributed by atoms with van der Waals surface area (Å²) in [7, 11) is 0. The van der Waals surface area contributed by atoms with Gasteiger partial charge in [-0.2, -0.15) is 0 Å². The predicted octanol–water partition coefficient (Wildman–Crippen LogP) is 2.48. The number of hydrogen-bond acceptors (Lipinski definition) is 3. The van der Waals surface area contributed by atoms with Crippen LogP contribution in [0.25, 0.3) is 0 Å². The third-order valence-electron chi connectivity index (χ3n) is 2.10. The molecule has 1 unspecified atom stereocenters. The molecule has 3 heteroatoms. The monoisotopic (exact) mass is 194 g/mol. The normalized spacial score (nSPS) is 23.9. The van der Waals surface area contributed by atoms with Gasteiger partial charge in [-0.15, -0.1) is 0 Å². The minimum atomic E-state index is -0.953. The first-order valence-corrected chi connectivity index (χ1v) is 4.75. The molecule has 0 saturated carbocycles. The van der Waals surface area contributed by atoms with Crippen molar-refractivity contribution in [2.24, 2.45) is 0 Å². The zero-order valence-corrected chi connectivity index (χ0v) is 8.66. The summed E-state index contributed by atoms with van der Waals surface area (Å²) in [6, 6.07) is 5.83. The second-order valence-corrected chi connectivity index (χ2v) is 3.45. The topological polar surface area (TPSA) is 27.7 Å². The molecule has 0 spiro atoms. The molecule has 1 aliphatic rings. The van der Waals surface area contributed by atoms with Crippen molar-refractivity contribution in [3.05, 3.63) is 23.8 Å². The van der Waals surface area contributed by atoms with E-state index in [4.69, 9.17) is 14.2 Å². The highest BCUT2D eigenvalue weighted by molar-refractivity contribution is 5.45. The van der Waals surface area contributed by atoms with Gasteiger partial charge in [-0.05, 0) is 31.5 Å². The number of fused-ring (bicyclic) bond motifs is 1. The Morgan fingerprint density at radius 2 is 2.00 bits per heavy atom. The summed E-state index contributed by atoms with van der Waals surface area (Å²) in [4.78, 5) is 0. The maximum absolute atomic E-state index is 5.57. The Morgan fingerprint density at radius 3 is 2.71 bits per heavy atom. The summed E-state index contributed by atoms with van der Waals surface area (Å²) < 4.78 is 16.5. The van der Waals surface area contributed by atoms with E-state index in [-0.39, 0.29) is 0 Å². The van der Waals surface area contributed by atoms with Crippen molar-refractivity contribution in [2.75, 3.05) is 6.61 Å². The average molecular weight is 194 g/mol. The highest BCUT2D eigenvalue weighted by atomic mass is 16.9. The standard InChI is InChI=1S/C11H14O3/c1-4-12-11(3)13-9-6-5-8(2)7-10(9)14-11/h5-7H,4H2,1-3H3. The van der Waals surface area contributed by atoms with Gasteiger partial charge in [0.1, 0.15) is 0 Å². The zero-order valence-electron chi connectivity index (χ0n) is 8.66. The Bertz CT molecular complexity index is 348. The number of hydrogen-bond donors (Lipinski definition) is 0. The van der Waals surface area contributed by atoms with Crippen molar-refractivity contribution in [3.63, 3.8) is 0 Å². The summed E-state index contributed by atoms with van der Waals surface area (Å²) >= 11 is 0. The van der Waals surface area contributed by atoms with E-state index in [1.165, 1.54) is 0 Å². The third kappa shape index (κ3) is 1.55. The molecule has 0 amide bonds. The molecule has 1 aliphatic heterocycles. The lowest BCUT2D eigenvalue weighted by molar-refractivity contribution is -0.266. The van der Waals surface area contributed by atoms with E-state index in [1.807, 2.05) is 32.0 Å². The molecule has 0 saturated heterocycles. The maximum Gasteiger partial charge on any atom is 0.368 e. The van der Waals surface area contributed by atoms with Crippen LogP contribution in [-0.4, -0.2) is 12.6 Å². The molecule has 0 radical (unpaired) electrons. The first-order valence-electron chi connectivity index (χ1n) is 4.75. The fraction of sp³-hybridized carbons (Fsp3) is 0.455. The van der Waals surface area contributed by atoms with E-state index in [0.717, 1.165) is 17.1 Å². The summed E-state index contributed by atoms with van der Waals surface area (Å²) in [6.45, 7) is 6.25. The second-order valence-electron chi connectivity index (χ2n) is 3.45. The highest BCUT2D eigenvalue weighted by Crippen LogP contribution is 2.39. The van der Waals surface area contributed by atoms with Crippen LogP contribution in [-0.2, 0) is 4.74 Å². The summed E-state index contributed by atoms with van der Waals surface area (Å²) in [6.07, 6.45) is 0. The van der Waals surface area contributed by atoms with Gasteiger partial charge >= 0.3 is 5.97 Å². The smallest absolute Gasteiger partial charge is 0.368 e. The highest BCUT2D eigenvalue weighted by Gasteiger charge is 2.37. The Labute approximate surface area is 83.6 Å². The predicted molar refractivity (Wildman–Crippen MR) is 52.5 cm³/mol. The lowest BCUT2D eigenvalue weighted by atomic mass is 10.2. The van der Waals surface area contributed by atoms with Crippen molar-refractivity contribution < 1.29 is 14.2 Å². The van der Waals surface area contributed by atoms with Crippen molar-refractivity contribution in [2.45, 2.75) is 26.7 Å². The Hall–Kier alpha value is -1.22. The molecule has 0 fully saturated rings. The van der Waals surface area contributed by atoms with Crippen LogP contribution < -0.4 is 9.47 Å². The van der Waals surface area contributed by atoms with Gasteiger partial charge in [-0.25, -0.2) is 0 Å². The molecular weight excluding hydrogens is 180 g/mol. The number of ether oxygens (including phenoxy) is 3. The number of rotatable bonds is 2. The van der Waals surface area contributed by atoms with Crippen LogP contribution in [0, 0.1) is 6.92 Å². The molecule has 14 heavy (non-hydrogen) atoms. The van der Waals surface area contributed by atoms with Crippen LogP contribution in [0.5, 0.6) is 11.5 Å². The van der Waals surface area contributed by atoms with Crippen LogP contribution >= 0.6 is 0 Å². The van der Waals surface area contributed by atoms with E-state index < -0.39 is 5.97 Å². The SMILES string of the molecule is CCOC1(C)Oc2ccc(C)cc2O1. The van der Waals surface area contributed by atoms with E-state index in [0.29, 0.717) is 6.61 Å². The third-order valence-corrected chi connectivity index (χ3v) is 2.10. The van der Waals surface area contributed by atoms with Gasteiger partial charge < -0.3 is 14.2 Å². The van der Waals surface area contributed by atoms with Gasteiger partial charge in [0.25, 0.3) is 0 Å². The Balaban J connectivity index is 2.25. The molecular formula is C11H14O3. The number of aryl methyl sites for hydroxylation is 1. The van der Waals surface area contributed by atoms with Crippen molar-refractivity contribution in [1.29, 1.82) is 0 Å². The zero-order chi connectivity index (χ0) is 10.2. The minimum Gasteiger partial charge on any atom is -0.426 e. The molecule has 1 aromatic carbocycles. The van der Waals surface area contributed by atoms with Crippen LogP contribution in [0.2, 0.25) is 0 Å². The molecule has 0 aromatic heterocycles. The van der Waals surface area contributed by atoms with E-state index >= 15 is 0 Å². The minimum absolute atomic E-state index is 0.559. The van der Waals surface area contributed by atoms with Crippen LogP contribution in [0.3, 0.4) is 0 Å². The summed E-state index contributed by atoms with van der Waals surface area (Å²) in [5.41, 5.74) is 1.15. The summed E-state index contributed by atoms with van der Waals surface area (Å²) in [5.74, 6) is 0.540. The van der Waals surface area contributed by atoms with Gasteiger partial charge in [0, 0.05) is 6.92 Å². The molecule has 0 N–H and O–H groups in total. The fourth-order valence-corrected chi connectivity index (χ4v) is 1.52. The van der Waals surface area contributed by atoms with E-state index in [9.17, 15) is 0 Å². The van der Waals surface area contributed by atoms with Crippen LogP contribution in [0.15, 0.2) is 18.2 Å².